The molecule has 2 aromatic carbocycles. The van der Waals surface area contributed by atoms with Gasteiger partial charge in [0.15, 0.2) is 24.9 Å². The van der Waals surface area contributed by atoms with Crippen molar-refractivity contribution in [3.05, 3.63) is 145 Å². The number of ether oxygens (including phenoxy) is 2. The monoisotopic (exact) mass is 1070 g/mol. The third kappa shape index (κ3) is 12.8. The van der Waals surface area contributed by atoms with Gasteiger partial charge in [0.1, 0.15) is 52.3 Å². The lowest BCUT2D eigenvalue weighted by atomic mass is 9.89. The maximum Gasteiger partial charge on any atom is 0.419 e. The predicted octanol–water partition coefficient (Wildman–Crippen LogP) is 9.05. The molecule has 5 heterocycles. The Bertz CT molecular complexity index is 3080. The SMILES string of the molecule is C.Cn1c(Cl)c2c(c1C(=O)Nc1ccc(F)c(Cl)c1)CCCC2N.Cn1cnc(COC(=O)NC2CCCc3c2c(Cl)n(C)c3C(=O)Nc2ccc(F)c(Cl)c2)n1.Cn1cnc(COC(=O)n2ccnc2)n1. The maximum atomic E-state index is 13.4. The average molecular weight is 1070 g/mol. The molecule has 0 aliphatic heterocycles. The number of alkyl carbamates (subject to hydrolysis) is 1. The zero-order valence-electron chi connectivity index (χ0n) is 38.4. The third-order valence-corrected chi connectivity index (χ3v) is 12.7. The fourth-order valence-electron chi connectivity index (χ4n) is 8.01. The number of aromatic nitrogens is 10. The van der Waals surface area contributed by atoms with Crippen molar-refractivity contribution >= 4 is 81.8 Å². The van der Waals surface area contributed by atoms with Crippen LogP contribution in [0, 0.1) is 11.6 Å². The summed E-state index contributed by atoms with van der Waals surface area (Å²) in [6.07, 6.45) is 10.8. The number of carbonyl (C=O) groups excluding carboxylic acids is 4. The lowest BCUT2D eigenvalue weighted by Crippen LogP contribution is -2.31. The molecule has 0 fully saturated rings. The number of nitrogens with two attached hydrogens (primary N) is 1. The van der Waals surface area contributed by atoms with Crippen molar-refractivity contribution in [2.24, 2.45) is 33.9 Å². The highest BCUT2D eigenvalue weighted by Gasteiger charge is 2.34. The summed E-state index contributed by atoms with van der Waals surface area (Å²) in [5.74, 6) is -0.982. The van der Waals surface area contributed by atoms with Gasteiger partial charge in [0.25, 0.3) is 11.8 Å². The lowest BCUT2D eigenvalue weighted by Gasteiger charge is -2.24. The summed E-state index contributed by atoms with van der Waals surface area (Å²) in [5.41, 5.74) is 10.9. The number of carbonyl (C=O) groups is 4. The molecule has 2 aliphatic rings. The van der Waals surface area contributed by atoms with Crippen molar-refractivity contribution in [2.45, 2.75) is 71.2 Å². The van der Waals surface area contributed by atoms with Gasteiger partial charge in [0.2, 0.25) is 0 Å². The van der Waals surface area contributed by atoms with E-state index in [0.29, 0.717) is 63.1 Å². The number of benzene rings is 2. The third-order valence-electron chi connectivity index (χ3n) is 11.3. The van der Waals surface area contributed by atoms with E-state index in [-0.39, 0.29) is 42.6 Å². The Balaban J connectivity index is 0.000000189. The van der Waals surface area contributed by atoms with Crippen molar-refractivity contribution < 1.29 is 37.4 Å². The minimum Gasteiger partial charge on any atom is -0.441 e. The highest BCUT2D eigenvalue weighted by molar-refractivity contribution is 6.32. The zero-order valence-corrected chi connectivity index (χ0v) is 41.5. The van der Waals surface area contributed by atoms with Crippen molar-refractivity contribution in [3.63, 3.8) is 0 Å². The van der Waals surface area contributed by atoms with Gasteiger partial charge in [-0.3, -0.25) is 19.0 Å². The molecule has 9 rings (SSSR count). The molecule has 2 unspecified atom stereocenters. The topological polar surface area (TPSA) is 238 Å². The van der Waals surface area contributed by atoms with Crippen molar-refractivity contribution in [1.29, 1.82) is 0 Å². The number of fused-ring (bicyclic) bond motifs is 2. The number of nitrogens with one attached hydrogen (secondary N) is 3. The van der Waals surface area contributed by atoms with E-state index < -0.39 is 35.8 Å². The minimum absolute atomic E-state index is 0. The second kappa shape index (κ2) is 24.0. The average Bonchev–Trinajstić information content (AvgIpc) is 4.19. The molecule has 0 radical (unpaired) electrons. The second-order valence-corrected chi connectivity index (χ2v) is 17.7. The molecule has 2 aliphatic carbocycles. The van der Waals surface area contributed by atoms with E-state index in [0.717, 1.165) is 42.4 Å². The number of hydrogen-bond acceptors (Lipinski definition) is 12. The first-order valence-electron chi connectivity index (χ1n) is 21.7. The first-order valence-corrected chi connectivity index (χ1v) is 23.2. The van der Waals surface area contributed by atoms with E-state index in [1.807, 2.05) is 0 Å². The van der Waals surface area contributed by atoms with Crippen LogP contribution in [0.25, 0.3) is 0 Å². The van der Waals surface area contributed by atoms with E-state index in [1.54, 1.807) is 48.3 Å². The highest BCUT2D eigenvalue weighted by atomic mass is 35.5. The maximum absolute atomic E-state index is 13.4. The first-order chi connectivity index (χ1) is 33.9. The van der Waals surface area contributed by atoms with Crippen LogP contribution in [0.2, 0.25) is 20.4 Å². The summed E-state index contributed by atoms with van der Waals surface area (Å²) in [4.78, 5) is 61.1. The van der Waals surface area contributed by atoms with Crippen LogP contribution < -0.4 is 21.7 Å². The van der Waals surface area contributed by atoms with Crippen molar-refractivity contribution in [1.82, 2.24) is 53.5 Å². The number of imidazole rings is 1. The Kier molecular flexibility index (Phi) is 18.2. The van der Waals surface area contributed by atoms with Gasteiger partial charge in [-0.2, -0.15) is 10.2 Å². The Morgan fingerprint density at radius 1 is 0.722 bits per heavy atom. The molecular weight excluding hydrogens is 1020 g/mol. The van der Waals surface area contributed by atoms with Gasteiger partial charge in [-0.1, -0.05) is 53.8 Å². The second-order valence-electron chi connectivity index (χ2n) is 16.2. The fraction of sp³-hybridized carbons (Fsp3) is 0.326. The number of anilines is 2. The molecule has 0 spiro atoms. The van der Waals surface area contributed by atoms with Crippen molar-refractivity contribution in [2.75, 3.05) is 10.6 Å². The number of halogens is 6. The molecule has 5 N–H and O–H groups in total. The molecule has 0 saturated carbocycles. The van der Waals surface area contributed by atoms with E-state index in [4.69, 9.17) is 61.6 Å². The highest BCUT2D eigenvalue weighted by Crippen LogP contribution is 2.40. The van der Waals surface area contributed by atoms with Crippen LogP contribution in [-0.2, 0) is 63.7 Å². The van der Waals surface area contributed by atoms with E-state index in [1.165, 1.54) is 70.7 Å². The first kappa shape index (κ1) is 54.5. The van der Waals surface area contributed by atoms with Crippen LogP contribution in [0.3, 0.4) is 0 Å². The zero-order chi connectivity index (χ0) is 51.1. The van der Waals surface area contributed by atoms with Crippen LogP contribution >= 0.6 is 46.4 Å². The number of rotatable bonds is 9. The summed E-state index contributed by atoms with van der Waals surface area (Å²) in [6, 6.07) is 7.41. The van der Waals surface area contributed by atoms with Gasteiger partial charge < -0.3 is 40.3 Å². The largest absolute Gasteiger partial charge is 0.441 e. The smallest absolute Gasteiger partial charge is 0.419 e. The molecule has 5 aromatic heterocycles. The normalized spacial score (nSPS) is 14.5. The van der Waals surface area contributed by atoms with Crippen LogP contribution in [0.4, 0.5) is 29.7 Å². The standard InChI is InChI=1S/C21H21Cl2FN6O3.C16H16Cl2FN3O.C8H9N5O2.CH4/c1-29-10-25-16(28-29)9-33-21(32)27-15-5-3-4-12-17(15)19(23)30(2)18(12)20(31)26-11-6-7-14(24)13(22)8-11;1-22-14(9-3-2-4-12(20)13(9)15(22)18)16(23)21-8-5-6-11(19)10(17)7-8;1-12-6-10-7(11-12)4-15-8(14)13-3-2-9-5-13;/h6-8,10,15H,3-5,9H2,1-2H3,(H,26,31)(H,27,32);5-7,12H,2-4,20H2,1H3,(H,21,23);2-3,5-6H,4H2,1H3;1H4. The summed E-state index contributed by atoms with van der Waals surface area (Å²) >= 11 is 24.5. The van der Waals surface area contributed by atoms with Gasteiger partial charge in [-0.05, 0) is 86.1 Å². The summed E-state index contributed by atoms with van der Waals surface area (Å²) in [6.45, 7) is -0.0134. The van der Waals surface area contributed by atoms with Gasteiger partial charge in [0.05, 0.1) is 16.1 Å². The molecule has 382 valence electrons. The van der Waals surface area contributed by atoms with Gasteiger partial charge >= 0.3 is 12.2 Å². The molecular formula is C46H50Cl4F2N14O6. The lowest BCUT2D eigenvalue weighted by molar-refractivity contribution is 0.101. The number of amides is 3. The van der Waals surface area contributed by atoms with Crippen LogP contribution in [0.15, 0.2) is 67.8 Å². The quantitative estimate of drug-likeness (QED) is 0.106. The number of hydrogen-bond donors (Lipinski definition) is 4. The Morgan fingerprint density at radius 3 is 1.71 bits per heavy atom. The molecule has 2 atom stereocenters. The minimum atomic E-state index is -0.632. The van der Waals surface area contributed by atoms with Crippen LogP contribution in [0.5, 0.6) is 0 Å². The van der Waals surface area contributed by atoms with E-state index in [9.17, 15) is 28.0 Å². The predicted molar refractivity (Wildman–Crippen MR) is 265 cm³/mol. The van der Waals surface area contributed by atoms with Gasteiger partial charge in [-0.15, -0.1) is 0 Å². The summed E-state index contributed by atoms with van der Waals surface area (Å²) in [7, 11) is 6.87. The van der Waals surface area contributed by atoms with Crippen molar-refractivity contribution in [3.8, 4) is 0 Å². The van der Waals surface area contributed by atoms with E-state index in [2.05, 4.69) is 41.1 Å². The number of aryl methyl sites for hydroxylation is 2. The summed E-state index contributed by atoms with van der Waals surface area (Å²) < 4.78 is 44.3. The van der Waals surface area contributed by atoms with Crippen LogP contribution in [-0.4, -0.2) is 72.2 Å². The molecule has 26 heteroatoms. The Morgan fingerprint density at radius 2 is 1.22 bits per heavy atom. The molecule has 3 amide bonds. The fourth-order valence-corrected chi connectivity index (χ4v) is 9.04. The Hall–Kier alpha value is -6.85. The number of nitrogens with zero attached hydrogens (tertiary/aromatic N) is 10. The van der Waals surface area contributed by atoms with E-state index >= 15 is 0 Å². The molecule has 20 nitrogen and oxygen atoms in total. The molecule has 0 bridgehead atoms. The molecule has 7 aromatic rings. The van der Waals surface area contributed by atoms with Gasteiger partial charge in [-0.25, -0.2) is 37.9 Å². The molecule has 0 saturated heterocycles. The summed E-state index contributed by atoms with van der Waals surface area (Å²) in [5, 5.41) is 17.0. The van der Waals surface area contributed by atoms with Crippen LogP contribution in [0.1, 0.15) is 100 Å². The Labute approximate surface area is 431 Å². The van der Waals surface area contributed by atoms with Gasteiger partial charge in [0, 0.05) is 69.1 Å². The molecule has 72 heavy (non-hydrogen) atoms.